The van der Waals surface area contributed by atoms with E-state index < -0.39 is 6.04 Å². The van der Waals surface area contributed by atoms with Gasteiger partial charge in [-0.2, -0.15) is 0 Å². The third-order valence-corrected chi connectivity index (χ3v) is 2.45. The van der Waals surface area contributed by atoms with Crippen LogP contribution in [0, 0.1) is 0 Å². The van der Waals surface area contributed by atoms with Crippen LogP contribution in [0.3, 0.4) is 0 Å². The first-order valence-corrected chi connectivity index (χ1v) is 5.44. The number of nitrogens with zero attached hydrogens (tertiary/aromatic N) is 2. The van der Waals surface area contributed by atoms with Crippen LogP contribution in [0.1, 0.15) is 6.92 Å². The monoisotopic (exact) mass is 250 g/mol. The Labute approximate surface area is 103 Å². The van der Waals surface area contributed by atoms with E-state index in [1.54, 1.807) is 19.1 Å². The van der Waals surface area contributed by atoms with Gasteiger partial charge in [-0.15, -0.1) is 0 Å². The van der Waals surface area contributed by atoms with Crippen LogP contribution in [0.5, 0.6) is 0 Å². The van der Waals surface area contributed by atoms with E-state index in [0.29, 0.717) is 11.0 Å². The molecular weight excluding hydrogens is 240 g/mol. The standard InChI is InChI=1S/C11H11ClN4O/c1-6(13)11(17)16-10-9(12)14-7-4-2-3-5-8(7)15-10/h2-6H,13H2,1H3,(H,15,16,17). The molecule has 0 saturated carbocycles. The van der Waals surface area contributed by atoms with E-state index in [-0.39, 0.29) is 16.9 Å². The fraction of sp³-hybridized carbons (Fsp3) is 0.182. The zero-order chi connectivity index (χ0) is 12.4. The highest BCUT2D eigenvalue weighted by atomic mass is 35.5. The third kappa shape index (κ3) is 2.51. The van der Waals surface area contributed by atoms with Gasteiger partial charge in [-0.05, 0) is 19.1 Å². The van der Waals surface area contributed by atoms with Gasteiger partial charge in [-0.1, -0.05) is 23.7 Å². The van der Waals surface area contributed by atoms with Crippen molar-refractivity contribution in [2.75, 3.05) is 5.32 Å². The predicted molar refractivity (Wildman–Crippen MR) is 66.8 cm³/mol. The smallest absolute Gasteiger partial charge is 0.242 e. The van der Waals surface area contributed by atoms with Crippen LogP contribution in [0.4, 0.5) is 5.82 Å². The molecule has 0 aliphatic rings. The van der Waals surface area contributed by atoms with Crippen molar-refractivity contribution in [3.63, 3.8) is 0 Å². The van der Waals surface area contributed by atoms with E-state index in [4.69, 9.17) is 17.3 Å². The quantitative estimate of drug-likeness (QED) is 0.848. The van der Waals surface area contributed by atoms with Crippen LogP contribution in [-0.4, -0.2) is 21.9 Å². The van der Waals surface area contributed by atoms with Gasteiger partial charge in [-0.3, -0.25) is 4.79 Å². The van der Waals surface area contributed by atoms with Gasteiger partial charge in [0.15, 0.2) is 11.0 Å². The lowest BCUT2D eigenvalue weighted by atomic mass is 10.3. The van der Waals surface area contributed by atoms with E-state index in [2.05, 4.69) is 15.3 Å². The summed E-state index contributed by atoms with van der Waals surface area (Å²) in [6, 6.07) is 6.64. The van der Waals surface area contributed by atoms with Gasteiger partial charge in [-0.25, -0.2) is 9.97 Å². The molecular formula is C11H11ClN4O. The van der Waals surface area contributed by atoms with Crippen LogP contribution >= 0.6 is 11.6 Å². The highest BCUT2D eigenvalue weighted by molar-refractivity contribution is 6.32. The number of nitrogens with one attached hydrogen (secondary N) is 1. The number of fused-ring (bicyclic) bond motifs is 1. The Balaban J connectivity index is 2.41. The Morgan fingerprint density at radius 1 is 1.35 bits per heavy atom. The van der Waals surface area contributed by atoms with Gasteiger partial charge >= 0.3 is 0 Å². The summed E-state index contributed by atoms with van der Waals surface area (Å²) in [5.41, 5.74) is 6.78. The topological polar surface area (TPSA) is 80.9 Å². The number of halogens is 1. The van der Waals surface area contributed by atoms with Gasteiger partial charge in [0.25, 0.3) is 0 Å². The Bertz CT molecular complexity index is 570. The molecule has 0 radical (unpaired) electrons. The van der Waals surface area contributed by atoms with E-state index in [9.17, 15) is 4.79 Å². The maximum Gasteiger partial charge on any atom is 0.242 e. The van der Waals surface area contributed by atoms with Gasteiger partial charge in [0.05, 0.1) is 17.1 Å². The predicted octanol–water partition coefficient (Wildman–Crippen LogP) is 1.57. The Morgan fingerprint density at radius 2 is 1.94 bits per heavy atom. The van der Waals surface area contributed by atoms with Gasteiger partial charge in [0.2, 0.25) is 5.91 Å². The van der Waals surface area contributed by atoms with E-state index in [0.717, 1.165) is 0 Å². The van der Waals surface area contributed by atoms with Crippen molar-refractivity contribution in [1.82, 2.24) is 9.97 Å². The summed E-state index contributed by atoms with van der Waals surface area (Å²) in [4.78, 5) is 19.8. The first-order chi connectivity index (χ1) is 8.08. The van der Waals surface area contributed by atoms with Crippen molar-refractivity contribution in [3.05, 3.63) is 29.4 Å². The summed E-state index contributed by atoms with van der Waals surface area (Å²) in [7, 11) is 0. The maximum absolute atomic E-state index is 11.4. The third-order valence-electron chi connectivity index (χ3n) is 2.18. The lowest BCUT2D eigenvalue weighted by Gasteiger charge is -2.08. The molecule has 1 aromatic heterocycles. The van der Waals surface area contributed by atoms with Gasteiger partial charge < -0.3 is 11.1 Å². The Kier molecular flexibility index (Phi) is 3.21. The van der Waals surface area contributed by atoms with Crippen LogP contribution in [0.25, 0.3) is 11.0 Å². The largest absolute Gasteiger partial charge is 0.320 e. The van der Waals surface area contributed by atoms with E-state index >= 15 is 0 Å². The Hall–Kier alpha value is -1.72. The molecule has 1 aromatic carbocycles. The number of rotatable bonds is 2. The molecule has 1 amide bonds. The SMILES string of the molecule is CC(N)C(=O)Nc1nc2ccccc2nc1Cl. The van der Waals surface area contributed by atoms with Crippen molar-refractivity contribution < 1.29 is 4.79 Å². The molecule has 88 valence electrons. The molecule has 0 spiro atoms. The first kappa shape index (κ1) is 11.8. The highest BCUT2D eigenvalue weighted by Crippen LogP contribution is 2.20. The van der Waals surface area contributed by atoms with Crippen LogP contribution in [0.15, 0.2) is 24.3 Å². The average molecular weight is 251 g/mol. The van der Waals surface area contributed by atoms with Crippen molar-refractivity contribution in [2.24, 2.45) is 5.73 Å². The molecule has 0 aliphatic carbocycles. The molecule has 0 saturated heterocycles. The average Bonchev–Trinajstić information content (AvgIpc) is 2.29. The summed E-state index contributed by atoms with van der Waals surface area (Å²) in [5, 5.41) is 2.68. The zero-order valence-corrected chi connectivity index (χ0v) is 9.90. The van der Waals surface area contributed by atoms with Crippen molar-refractivity contribution in [2.45, 2.75) is 13.0 Å². The minimum atomic E-state index is -0.626. The molecule has 17 heavy (non-hydrogen) atoms. The fourth-order valence-electron chi connectivity index (χ4n) is 1.29. The number of anilines is 1. The molecule has 0 aliphatic heterocycles. The molecule has 6 heteroatoms. The van der Waals surface area contributed by atoms with Crippen LogP contribution in [0.2, 0.25) is 5.15 Å². The summed E-state index contributed by atoms with van der Waals surface area (Å²) in [6.45, 7) is 1.58. The molecule has 0 bridgehead atoms. The molecule has 5 nitrogen and oxygen atoms in total. The molecule has 2 aromatic rings. The first-order valence-electron chi connectivity index (χ1n) is 5.06. The lowest BCUT2D eigenvalue weighted by Crippen LogP contribution is -2.32. The second-order valence-electron chi connectivity index (χ2n) is 3.63. The summed E-state index contributed by atoms with van der Waals surface area (Å²) < 4.78 is 0. The summed E-state index contributed by atoms with van der Waals surface area (Å²) in [6.07, 6.45) is 0. The maximum atomic E-state index is 11.4. The molecule has 0 fully saturated rings. The van der Waals surface area contributed by atoms with Crippen LogP contribution in [-0.2, 0) is 4.79 Å². The van der Waals surface area contributed by atoms with Crippen molar-refractivity contribution in [1.29, 1.82) is 0 Å². The molecule has 2 rings (SSSR count). The Morgan fingerprint density at radius 3 is 2.53 bits per heavy atom. The number of hydrogen-bond donors (Lipinski definition) is 2. The van der Waals surface area contributed by atoms with E-state index in [1.165, 1.54) is 0 Å². The highest BCUT2D eigenvalue weighted by Gasteiger charge is 2.12. The summed E-state index contributed by atoms with van der Waals surface area (Å²) in [5.74, 6) is -0.121. The number of carbonyl (C=O) groups is 1. The number of hydrogen-bond acceptors (Lipinski definition) is 4. The van der Waals surface area contributed by atoms with Gasteiger partial charge in [0, 0.05) is 0 Å². The molecule has 1 unspecified atom stereocenters. The van der Waals surface area contributed by atoms with Gasteiger partial charge in [0.1, 0.15) is 0 Å². The number of benzene rings is 1. The van der Waals surface area contributed by atoms with E-state index in [1.807, 2.05) is 12.1 Å². The normalized spacial score (nSPS) is 12.4. The van der Waals surface area contributed by atoms with Crippen LogP contribution < -0.4 is 11.1 Å². The number of carbonyl (C=O) groups excluding carboxylic acids is 1. The van der Waals surface area contributed by atoms with Crippen molar-refractivity contribution >= 4 is 34.4 Å². The number of nitrogens with two attached hydrogens (primary N) is 1. The number of amides is 1. The number of para-hydroxylation sites is 2. The second-order valence-corrected chi connectivity index (χ2v) is 3.99. The minimum Gasteiger partial charge on any atom is -0.320 e. The lowest BCUT2D eigenvalue weighted by molar-refractivity contribution is -0.117. The fourth-order valence-corrected chi connectivity index (χ4v) is 1.47. The second kappa shape index (κ2) is 4.65. The molecule has 3 N–H and O–H groups in total. The molecule has 1 atom stereocenters. The minimum absolute atomic E-state index is 0.151. The zero-order valence-electron chi connectivity index (χ0n) is 9.14. The molecule has 1 heterocycles. The number of aromatic nitrogens is 2. The summed E-state index contributed by atoms with van der Waals surface area (Å²) >= 11 is 5.92. The van der Waals surface area contributed by atoms with Crippen molar-refractivity contribution in [3.8, 4) is 0 Å².